The van der Waals surface area contributed by atoms with Crippen LogP contribution in [0.15, 0.2) is 38.0 Å². The van der Waals surface area contributed by atoms with E-state index in [-0.39, 0.29) is 6.01 Å². The van der Waals surface area contributed by atoms with Crippen LogP contribution in [0.2, 0.25) is 0 Å². The third-order valence-corrected chi connectivity index (χ3v) is 2.08. The molecule has 0 saturated carbocycles. The van der Waals surface area contributed by atoms with E-state index in [1.807, 2.05) is 11.9 Å². The first-order valence-corrected chi connectivity index (χ1v) is 5.87. The molecule has 1 N–H and O–H groups in total. The molecule has 0 unspecified atom stereocenters. The molecule has 0 aliphatic rings. The highest BCUT2D eigenvalue weighted by Crippen LogP contribution is 2.13. The second-order valence-electron chi connectivity index (χ2n) is 3.68. The van der Waals surface area contributed by atoms with Crippen LogP contribution in [0.25, 0.3) is 0 Å². The number of nitrogens with zero attached hydrogens (tertiary/aromatic N) is 4. The van der Waals surface area contributed by atoms with Crippen molar-refractivity contribution in [2.45, 2.75) is 0 Å². The number of anilines is 2. The fourth-order valence-corrected chi connectivity index (χ4v) is 1.23. The molecular formula is C13H19N5O. The third-order valence-electron chi connectivity index (χ3n) is 2.08. The highest BCUT2D eigenvalue weighted by molar-refractivity contribution is 5.38. The molecule has 1 rings (SSSR count). The molecule has 0 aromatic carbocycles. The van der Waals surface area contributed by atoms with Crippen LogP contribution in [0.3, 0.4) is 0 Å². The summed E-state index contributed by atoms with van der Waals surface area (Å²) >= 11 is 0. The minimum atomic E-state index is 0.257. The molecule has 1 aromatic heterocycles. The van der Waals surface area contributed by atoms with Gasteiger partial charge in [0.2, 0.25) is 11.9 Å². The third kappa shape index (κ3) is 4.79. The summed E-state index contributed by atoms with van der Waals surface area (Å²) in [6, 6.07) is 0.257. The predicted molar refractivity (Wildman–Crippen MR) is 77.7 cm³/mol. The first-order chi connectivity index (χ1) is 9.21. The van der Waals surface area contributed by atoms with Gasteiger partial charge in [0.15, 0.2) is 0 Å². The molecule has 0 saturated heterocycles. The molecule has 19 heavy (non-hydrogen) atoms. The molecule has 0 amide bonds. The molecule has 102 valence electrons. The fourth-order valence-electron chi connectivity index (χ4n) is 1.23. The average molecular weight is 261 g/mol. The smallest absolute Gasteiger partial charge is 0.323 e. The van der Waals surface area contributed by atoms with Crippen LogP contribution < -0.4 is 15.0 Å². The summed E-state index contributed by atoms with van der Waals surface area (Å²) in [6.07, 6.45) is 5.12. The Morgan fingerprint density at radius 1 is 1.16 bits per heavy atom. The summed E-state index contributed by atoms with van der Waals surface area (Å²) < 4.78 is 5.35. The molecule has 0 fully saturated rings. The first-order valence-electron chi connectivity index (χ1n) is 5.87. The molecule has 0 atom stereocenters. The van der Waals surface area contributed by atoms with E-state index in [0.29, 0.717) is 31.6 Å². The van der Waals surface area contributed by atoms with Crippen molar-refractivity contribution in [3.8, 4) is 6.01 Å². The number of rotatable bonds is 9. The van der Waals surface area contributed by atoms with Crippen LogP contribution in [-0.4, -0.2) is 41.7 Å². The number of nitrogens with one attached hydrogen (secondary N) is 1. The lowest BCUT2D eigenvalue weighted by Gasteiger charge is -2.16. The van der Waals surface area contributed by atoms with Gasteiger partial charge in [-0.15, -0.1) is 13.2 Å². The highest BCUT2D eigenvalue weighted by Gasteiger charge is 2.09. The highest BCUT2D eigenvalue weighted by atomic mass is 16.5. The molecule has 0 bridgehead atoms. The zero-order valence-corrected chi connectivity index (χ0v) is 11.2. The Labute approximate surface area is 113 Å². The van der Waals surface area contributed by atoms with Crippen molar-refractivity contribution in [3.63, 3.8) is 0 Å². The van der Waals surface area contributed by atoms with Gasteiger partial charge in [0.1, 0.15) is 6.61 Å². The zero-order chi connectivity index (χ0) is 14.1. The predicted octanol–water partition coefficient (Wildman–Crippen LogP) is 1.66. The van der Waals surface area contributed by atoms with Gasteiger partial charge in [0, 0.05) is 20.1 Å². The number of hydrogen-bond donors (Lipinski definition) is 1. The van der Waals surface area contributed by atoms with Gasteiger partial charge in [-0.1, -0.05) is 24.8 Å². The van der Waals surface area contributed by atoms with Crippen molar-refractivity contribution in [2.24, 2.45) is 0 Å². The van der Waals surface area contributed by atoms with Gasteiger partial charge < -0.3 is 15.0 Å². The summed E-state index contributed by atoms with van der Waals surface area (Å²) in [5.41, 5.74) is 0. The maximum absolute atomic E-state index is 5.35. The summed E-state index contributed by atoms with van der Waals surface area (Å²) in [7, 11) is 1.87. The Bertz CT molecular complexity index is 416. The number of hydrogen-bond acceptors (Lipinski definition) is 6. The van der Waals surface area contributed by atoms with Crippen LogP contribution >= 0.6 is 0 Å². The van der Waals surface area contributed by atoms with Crippen LogP contribution in [0.5, 0.6) is 6.01 Å². The molecule has 0 spiro atoms. The van der Waals surface area contributed by atoms with Gasteiger partial charge >= 0.3 is 6.01 Å². The van der Waals surface area contributed by atoms with Crippen molar-refractivity contribution in [1.82, 2.24) is 15.0 Å². The molecule has 0 aliphatic carbocycles. The van der Waals surface area contributed by atoms with E-state index >= 15 is 0 Å². The second-order valence-corrected chi connectivity index (χ2v) is 3.68. The fraction of sp³-hybridized carbons (Fsp3) is 0.308. The summed E-state index contributed by atoms with van der Waals surface area (Å²) in [5.74, 6) is 0.959. The van der Waals surface area contributed by atoms with E-state index in [1.165, 1.54) is 0 Å². The second kappa shape index (κ2) is 7.86. The molecule has 0 aliphatic heterocycles. The van der Waals surface area contributed by atoms with Crippen molar-refractivity contribution >= 4 is 11.9 Å². The van der Waals surface area contributed by atoms with E-state index in [4.69, 9.17) is 4.74 Å². The molecule has 6 nitrogen and oxygen atoms in total. The Morgan fingerprint density at radius 2 is 1.95 bits per heavy atom. The molecular weight excluding hydrogens is 242 g/mol. The molecule has 6 heteroatoms. The van der Waals surface area contributed by atoms with Gasteiger partial charge in [0.05, 0.1) is 0 Å². The lowest BCUT2D eigenvalue weighted by molar-refractivity contribution is 0.332. The average Bonchev–Trinajstić information content (AvgIpc) is 2.43. The maximum atomic E-state index is 5.35. The van der Waals surface area contributed by atoms with E-state index in [9.17, 15) is 0 Å². The van der Waals surface area contributed by atoms with Crippen molar-refractivity contribution in [3.05, 3.63) is 38.0 Å². The normalized spacial score (nSPS) is 9.53. The van der Waals surface area contributed by atoms with Gasteiger partial charge in [0.25, 0.3) is 0 Å². The Kier molecular flexibility index (Phi) is 6.08. The largest absolute Gasteiger partial charge is 0.459 e. The maximum Gasteiger partial charge on any atom is 0.323 e. The quantitative estimate of drug-likeness (QED) is 0.682. The van der Waals surface area contributed by atoms with E-state index in [2.05, 4.69) is 40.0 Å². The van der Waals surface area contributed by atoms with Crippen molar-refractivity contribution in [2.75, 3.05) is 37.0 Å². The van der Waals surface area contributed by atoms with Crippen LogP contribution in [0.1, 0.15) is 0 Å². The zero-order valence-electron chi connectivity index (χ0n) is 11.2. The Balaban J connectivity index is 2.96. The van der Waals surface area contributed by atoms with E-state index in [0.717, 1.165) is 0 Å². The Hall–Kier alpha value is -2.37. The van der Waals surface area contributed by atoms with Gasteiger partial charge in [-0.3, -0.25) is 0 Å². The Morgan fingerprint density at radius 3 is 2.58 bits per heavy atom. The van der Waals surface area contributed by atoms with Crippen molar-refractivity contribution < 1.29 is 4.74 Å². The molecule has 1 aromatic rings. The topological polar surface area (TPSA) is 63.2 Å². The monoisotopic (exact) mass is 261 g/mol. The van der Waals surface area contributed by atoms with Crippen LogP contribution in [0.4, 0.5) is 11.9 Å². The standard InChI is InChI=1S/C13H19N5O/c1-5-8-14-11-15-12(18(4)9-6-2)17-13(16-11)19-10-7-3/h5-7H,1-3,8-10H2,4H3,(H,14,15,16,17). The summed E-state index contributed by atoms with van der Waals surface area (Å²) in [5, 5.41) is 3.01. The SMILES string of the molecule is C=CCNc1nc(OCC=C)nc(N(C)CC=C)n1. The van der Waals surface area contributed by atoms with E-state index < -0.39 is 0 Å². The van der Waals surface area contributed by atoms with Crippen LogP contribution in [0, 0.1) is 0 Å². The lowest BCUT2D eigenvalue weighted by Crippen LogP contribution is -2.21. The molecule has 0 radical (unpaired) electrons. The van der Waals surface area contributed by atoms with Crippen LogP contribution in [-0.2, 0) is 0 Å². The minimum Gasteiger partial charge on any atom is -0.459 e. The van der Waals surface area contributed by atoms with Gasteiger partial charge in [-0.2, -0.15) is 15.0 Å². The van der Waals surface area contributed by atoms with Gasteiger partial charge in [-0.25, -0.2) is 0 Å². The summed E-state index contributed by atoms with van der Waals surface area (Å²) in [4.78, 5) is 14.5. The number of likely N-dealkylation sites (N-methyl/N-ethyl adjacent to an activating group) is 1. The number of ether oxygens (including phenoxy) is 1. The molecule has 1 heterocycles. The first kappa shape index (κ1) is 14.7. The summed E-state index contributed by atoms with van der Waals surface area (Å²) in [6.45, 7) is 12.4. The van der Waals surface area contributed by atoms with Crippen molar-refractivity contribution in [1.29, 1.82) is 0 Å². The lowest BCUT2D eigenvalue weighted by atomic mass is 10.5. The van der Waals surface area contributed by atoms with E-state index in [1.54, 1.807) is 18.2 Å². The van der Waals surface area contributed by atoms with Gasteiger partial charge in [-0.05, 0) is 0 Å². The minimum absolute atomic E-state index is 0.257. The number of aromatic nitrogens is 3.